The molecule has 0 aliphatic heterocycles. The minimum absolute atomic E-state index is 0.144. The fourth-order valence-corrected chi connectivity index (χ4v) is 1.62. The normalized spacial score (nSPS) is 12.2. The van der Waals surface area contributed by atoms with Crippen molar-refractivity contribution in [2.45, 2.75) is 26.3 Å². The van der Waals surface area contributed by atoms with Gasteiger partial charge in [-0.3, -0.25) is 9.59 Å². The Bertz CT molecular complexity index is 534. The van der Waals surface area contributed by atoms with Gasteiger partial charge in [0.15, 0.2) is 0 Å². The lowest BCUT2D eigenvalue weighted by Crippen LogP contribution is -2.42. The van der Waals surface area contributed by atoms with Crippen LogP contribution in [-0.4, -0.2) is 27.6 Å². The van der Waals surface area contributed by atoms with Gasteiger partial charge in [0.05, 0.1) is 0 Å². The van der Waals surface area contributed by atoms with Crippen molar-refractivity contribution in [2.75, 3.05) is 0 Å². The maximum atomic E-state index is 11.9. The standard InChI is InChI=1S/C13H18N2O4/c1-8(2)6-10(13(18)19)14-12(17)9-4-5-15(3)11(16)7-9/h4-5,7-8,10H,6H2,1-3H3,(H,14,17)(H,18,19)/t10-/m0/s1. The van der Waals surface area contributed by atoms with E-state index >= 15 is 0 Å². The van der Waals surface area contributed by atoms with E-state index in [-0.39, 0.29) is 17.0 Å². The van der Waals surface area contributed by atoms with Crippen LogP contribution in [0.25, 0.3) is 0 Å². The molecule has 1 atom stereocenters. The van der Waals surface area contributed by atoms with E-state index in [0.29, 0.717) is 6.42 Å². The van der Waals surface area contributed by atoms with Crippen LogP contribution in [0.15, 0.2) is 23.1 Å². The molecule has 1 aromatic rings. The Morgan fingerprint density at radius 2 is 2.05 bits per heavy atom. The highest BCUT2D eigenvalue weighted by molar-refractivity contribution is 5.96. The van der Waals surface area contributed by atoms with Gasteiger partial charge in [0.1, 0.15) is 6.04 Å². The molecule has 0 aromatic carbocycles. The zero-order chi connectivity index (χ0) is 14.6. The number of pyridine rings is 1. The molecule has 0 aliphatic carbocycles. The van der Waals surface area contributed by atoms with E-state index in [1.54, 1.807) is 7.05 Å². The Labute approximate surface area is 111 Å². The summed E-state index contributed by atoms with van der Waals surface area (Å²) in [5.74, 6) is -1.48. The van der Waals surface area contributed by atoms with Crippen molar-refractivity contribution in [2.24, 2.45) is 13.0 Å². The highest BCUT2D eigenvalue weighted by Crippen LogP contribution is 2.06. The van der Waals surface area contributed by atoms with Crippen LogP contribution >= 0.6 is 0 Å². The summed E-state index contributed by atoms with van der Waals surface area (Å²) in [5.41, 5.74) is -0.151. The van der Waals surface area contributed by atoms with E-state index in [1.807, 2.05) is 13.8 Å². The number of amides is 1. The summed E-state index contributed by atoms with van der Waals surface area (Å²) >= 11 is 0. The minimum atomic E-state index is -1.08. The average Bonchev–Trinajstić information content (AvgIpc) is 2.31. The Morgan fingerprint density at radius 1 is 1.42 bits per heavy atom. The van der Waals surface area contributed by atoms with Crippen LogP contribution in [0.3, 0.4) is 0 Å². The van der Waals surface area contributed by atoms with Crippen molar-refractivity contribution in [3.63, 3.8) is 0 Å². The maximum Gasteiger partial charge on any atom is 0.326 e. The Balaban J connectivity index is 2.84. The number of hydrogen-bond acceptors (Lipinski definition) is 3. The molecule has 0 fully saturated rings. The van der Waals surface area contributed by atoms with Crippen molar-refractivity contribution < 1.29 is 14.7 Å². The zero-order valence-corrected chi connectivity index (χ0v) is 11.2. The molecule has 6 nitrogen and oxygen atoms in total. The van der Waals surface area contributed by atoms with Crippen LogP contribution < -0.4 is 10.9 Å². The summed E-state index contributed by atoms with van der Waals surface area (Å²) in [7, 11) is 1.57. The van der Waals surface area contributed by atoms with Crippen LogP contribution in [0, 0.1) is 5.92 Å². The lowest BCUT2D eigenvalue weighted by molar-refractivity contribution is -0.139. The van der Waals surface area contributed by atoms with E-state index < -0.39 is 17.9 Å². The molecule has 2 N–H and O–H groups in total. The second kappa shape index (κ2) is 6.17. The van der Waals surface area contributed by atoms with Gasteiger partial charge in [0.25, 0.3) is 11.5 Å². The average molecular weight is 266 g/mol. The molecule has 1 aromatic heterocycles. The summed E-state index contributed by atoms with van der Waals surface area (Å²) in [6.45, 7) is 3.75. The number of hydrogen-bond donors (Lipinski definition) is 2. The molecule has 0 saturated heterocycles. The first-order valence-corrected chi connectivity index (χ1v) is 6.01. The first-order chi connectivity index (χ1) is 8.81. The van der Waals surface area contributed by atoms with Gasteiger partial charge in [-0.1, -0.05) is 13.8 Å². The fourth-order valence-electron chi connectivity index (χ4n) is 1.62. The molecule has 0 bridgehead atoms. The predicted octanol–water partition coefficient (Wildman–Crippen LogP) is 0.614. The van der Waals surface area contributed by atoms with Crippen LogP contribution in [0.4, 0.5) is 0 Å². The van der Waals surface area contributed by atoms with Crippen LogP contribution in [0.1, 0.15) is 30.6 Å². The quantitative estimate of drug-likeness (QED) is 0.817. The number of aryl methyl sites for hydroxylation is 1. The second-order valence-electron chi connectivity index (χ2n) is 4.86. The van der Waals surface area contributed by atoms with Gasteiger partial charge in [-0.05, 0) is 18.4 Å². The van der Waals surface area contributed by atoms with Gasteiger partial charge in [-0.2, -0.15) is 0 Å². The number of carbonyl (C=O) groups is 2. The highest BCUT2D eigenvalue weighted by atomic mass is 16.4. The monoisotopic (exact) mass is 266 g/mol. The van der Waals surface area contributed by atoms with Crippen molar-refractivity contribution in [3.05, 3.63) is 34.2 Å². The molecule has 19 heavy (non-hydrogen) atoms. The van der Waals surface area contributed by atoms with E-state index in [0.717, 1.165) is 0 Å². The fraction of sp³-hybridized carbons (Fsp3) is 0.462. The predicted molar refractivity (Wildman–Crippen MR) is 70.0 cm³/mol. The van der Waals surface area contributed by atoms with E-state index in [1.165, 1.54) is 22.9 Å². The first-order valence-electron chi connectivity index (χ1n) is 6.01. The van der Waals surface area contributed by atoms with Crippen molar-refractivity contribution in [1.82, 2.24) is 9.88 Å². The molecule has 1 heterocycles. The highest BCUT2D eigenvalue weighted by Gasteiger charge is 2.21. The number of carboxylic acid groups (broad SMARTS) is 1. The topological polar surface area (TPSA) is 88.4 Å². The third-order valence-corrected chi connectivity index (χ3v) is 2.68. The summed E-state index contributed by atoms with van der Waals surface area (Å²) in [6.07, 6.45) is 1.81. The zero-order valence-electron chi connectivity index (χ0n) is 11.2. The molecular weight excluding hydrogens is 248 g/mol. The Kier molecular flexibility index (Phi) is 4.86. The number of aromatic nitrogens is 1. The van der Waals surface area contributed by atoms with E-state index in [4.69, 9.17) is 5.11 Å². The third-order valence-electron chi connectivity index (χ3n) is 2.68. The minimum Gasteiger partial charge on any atom is -0.480 e. The largest absolute Gasteiger partial charge is 0.480 e. The van der Waals surface area contributed by atoms with Gasteiger partial charge in [0, 0.05) is 24.9 Å². The lowest BCUT2D eigenvalue weighted by Gasteiger charge is -2.16. The molecule has 1 rings (SSSR count). The van der Waals surface area contributed by atoms with E-state index in [9.17, 15) is 14.4 Å². The smallest absolute Gasteiger partial charge is 0.326 e. The molecule has 0 unspecified atom stereocenters. The maximum absolute atomic E-state index is 11.9. The number of carbonyl (C=O) groups excluding carboxylic acids is 1. The summed E-state index contributed by atoms with van der Waals surface area (Å²) in [5, 5.41) is 11.5. The van der Waals surface area contributed by atoms with Gasteiger partial charge in [-0.25, -0.2) is 4.79 Å². The third kappa shape index (κ3) is 4.24. The van der Waals surface area contributed by atoms with Gasteiger partial charge < -0.3 is 15.0 Å². The van der Waals surface area contributed by atoms with Gasteiger partial charge >= 0.3 is 5.97 Å². The van der Waals surface area contributed by atoms with Crippen molar-refractivity contribution in [3.8, 4) is 0 Å². The molecule has 1 amide bonds. The molecule has 0 spiro atoms. The number of carboxylic acids is 1. The second-order valence-corrected chi connectivity index (χ2v) is 4.86. The van der Waals surface area contributed by atoms with Gasteiger partial charge in [0.2, 0.25) is 0 Å². The molecule has 0 aliphatic rings. The van der Waals surface area contributed by atoms with Crippen LogP contribution in [0.5, 0.6) is 0 Å². The Hall–Kier alpha value is -2.11. The summed E-state index contributed by atoms with van der Waals surface area (Å²) in [6, 6.07) is 1.71. The number of nitrogens with one attached hydrogen (secondary N) is 1. The lowest BCUT2D eigenvalue weighted by atomic mass is 10.0. The van der Waals surface area contributed by atoms with Gasteiger partial charge in [-0.15, -0.1) is 0 Å². The molecule has 0 saturated carbocycles. The van der Waals surface area contributed by atoms with Crippen molar-refractivity contribution >= 4 is 11.9 Å². The number of nitrogens with zero attached hydrogens (tertiary/aromatic N) is 1. The van der Waals surface area contributed by atoms with E-state index in [2.05, 4.69) is 5.32 Å². The summed E-state index contributed by atoms with van der Waals surface area (Å²) < 4.78 is 1.33. The molecular formula is C13H18N2O4. The number of rotatable bonds is 5. The first kappa shape index (κ1) is 14.9. The molecule has 6 heteroatoms. The summed E-state index contributed by atoms with van der Waals surface area (Å²) in [4.78, 5) is 34.3. The van der Waals surface area contributed by atoms with Crippen molar-refractivity contribution in [1.29, 1.82) is 0 Å². The number of aliphatic carboxylic acids is 1. The molecule has 0 radical (unpaired) electrons. The SMILES string of the molecule is CC(C)C[C@H](NC(=O)c1ccn(C)c(=O)c1)C(=O)O. The van der Waals surface area contributed by atoms with Crippen LogP contribution in [0.2, 0.25) is 0 Å². The molecule has 104 valence electrons. The van der Waals surface area contributed by atoms with Crippen LogP contribution in [-0.2, 0) is 11.8 Å². The Morgan fingerprint density at radius 3 is 2.53 bits per heavy atom.